The average molecular weight is 820 g/mol. The Kier molecular flexibility index (Phi) is 12.5. The summed E-state index contributed by atoms with van der Waals surface area (Å²) in [6.45, 7) is 13.2. The molecule has 4 aromatic rings. The van der Waals surface area contributed by atoms with Crippen molar-refractivity contribution >= 4 is 59.5 Å². The predicted octanol–water partition coefficient (Wildman–Crippen LogP) is 5.60. The number of aromatic nitrogens is 4. The molecule has 3 saturated heterocycles. The molecule has 3 aliphatic rings. The number of carbonyl (C=O) groups is 4. The molecule has 0 aliphatic carbocycles. The van der Waals surface area contributed by atoms with Crippen LogP contribution in [0, 0.1) is 37.2 Å². The van der Waals surface area contributed by atoms with Crippen molar-refractivity contribution in [2.45, 2.75) is 76.8 Å². The molecule has 308 valence electrons. The Morgan fingerprint density at radius 1 is 0.983 bits per heavy atom. The average Bonchev–Trinajstić information content (AvgIpc) is 3.51. The molecule has 1 N–H and O–H groups in total. The Bertz CT molecular complexity index is 2190. The number of nitrogens with one attached hydrogen (secondary N) is 1. The van der Waals surface area contributed by atoms with Gasteiger partial charge in [-0.15, -0.1) is 0 Å². The molecule has 2 aromatic heterocycles. The van der Waals surface area contributed by atoms with Crippen molar-refractivity contribution in [3.63, 3.8) is 0 Å². The number of nitrogens with zero attached hydrogens (tertiary/aromatic N) is 8. The summed E-state index contributed by atoms with van der Waals surface area (Å²) >= 11 is 1.88. The van der Waals surface area contributed by atoms with E-state index in [9.17, 15) is 19.2 Å². The van der Waals surface area contributed by atoms with E-state index >= 15 is 13.2 Å². The summed E-state index contributed by atoms with van der Waals surface area (Å²) in [7, 11) is 0. The lowest BCUT2D eigenvalue weighted by Gasteiger charge is -2.48. The lowest BCUT2D eigenvalue weighted by atomic mass is 9.95. The van der Waals surface area contributed by atoms with E-state index in [0.29, 0.717) is 65.2 Å². The Labute approximate surface area is 339 Å². The molecule has 1 atom stereocenters. The van der Waals surface area contributed by atoms with E-state index in [-0.39, 0.29) is 53.8 Å². The minimum absolute atomic E-state index is 0.0204. The normalized spacial score (nSPS) is 17.6. The molecule has 0 radical (unpaired) electrons. The van der Waals surface area contributed by atoms with Gasteiger partial charge in [0.25, 0.3) is 5.91 Å². The number of anilines is 2. The van der Waals surface area contributed by atoms with Crippen LogP contribution in [0.15, 0.2) is 30.5 Å². The molecular weight excluding hydrogens is 772 g/mol. The number of amides is 2. The third kappa shape index (κ3) is 8.61. The number of imidazole rings is 1. The van der Waals surface area contributed by atoms with Crippen LogP contribution in [-0.4, -0.2) is 122 Å². The topological polar surface area (TPSA) is 137 Å². The molecule has 0 saturated carbocycles. The highest BCUT2D eigenvalue weighted by molar-refractivity contribution is 7.97. The zero-order chi connectivity index (χ0) is 41.2. The number of benzene rings is 2. The number of likely N-dealkylation sites (tertiary alicyclic amines) is 1. The van der Waals surface area contributed by atoms with Crippen LogP contribution in [0.2, 0.25) is 0 Å². The van der Waals surface area contributed by atoms with Gasteiger partial charge in [0.15, 0.2) is 11.6 Å². The number of aryl methyl sites for hydroxylation is 2. The number of halogens is 3. The maximum Gasteiger partial charge on any atom is 0.261 e. The van der Waals surface area contributed by atoms with Crippen molar-refractivity contribution in [1.29, 1.82) is 0 Å². The fraction of sp³-hybridized carbons (Fsp3) is 0.488. The zero-order valence-corrected chi connectivity index (χ0v) is 33.9. The largest absolute Gasteiger partial charge is 0.368 e. The summed E-state index contributed by atoms with van der Waals surface area (Å²) in [4.78, 5) is 65.6. The molecule has 2 aromatic carbocycles. The minimum atomic E-state index is -1.08. The quantitative estimate of drug-likeness (QED) is 0.111. The lowest BCUT2D eigenvalue weighted by Crippen LogP contribution is -2.58. The van der Waals surface area contributed by atoms with E-state index in [0.717, 1.165) is 56.7 Å². The Morgan fingerprint density at radius 2 is 1.72 bits per heavy atom. The number of rotatable bonds is 16. The van der Waals surface area contributed by atoms with Gasteiger partial charge in [-0.1, -0.05) is 11.9 Å². The van der Waals surface area contributed by atoms with Gasteiger partial charge in [-0.25, -0.2) is 28.1 Å². The number of fused-ring (bicyclic) bond motifs is 1. The summed E-state index contributed by atoms with van der Waals surface area (Å²) in [5, 5.41) is 3.85. The van der Waals surface area contributed by atoms with Gasteiger partial charge in [0, 0.05) is 86.6 Å². The van der Waals surface area contributed by atoms with Crippen molar-refractivity contribution in [2.75, 3.05) is 56.0 Å². The maximum atomic E-state index is 15.1. The van der Waals surface area contributed by atoms with Crippen molar-refractivity contribution < 1.29 is 32.3 Å². The third-order valence-corrected chi connectivity index (χ3v) is 12.5. The van der Waals surface area contributed by atoms with E-state index in [4.69, 9.17) is 0 Å². The Balaban J connectivity index is 0.860. The van der Waals surface area contributed by atoms with Gasteiger partial charge in [0.2, 0.25) is 12.4 Å². The molecule has 3 fully saturated rings. The molecule has 13 nitrogen and oxygen atoms in total. The van der Waals surface area contributed by atoms with E-state index < -0.39 is 29.4 Å². The maximum absolute atomic E-state index is 15.1. The van der Waals surface area contributed by atoms with E-state index in [1.807, 2.05) is 42.2 Å². The number of imide groups is 1. The first-order valence-electron chi connectivity index (χ1n) is 19.7. The monoisotopic (exact) mass is 819 g/mol. The zero-order valence-electron chi connectivity index (χ0n) is 33.0. The van der Waals surface area contributed by atoms with Crippen molar-refractivity contribution in [3.8, 4) is 11.3 Å². The summed E-state index contributed by atoms with van der Waals surface area (Å²) in [6, 6.07) is 4.82. The van der Waals surface area contributed by atoms with Gasteiger partial charge < -0.3 is 29.3 Å². The Hall–Kier alpha value is -4.87. The third-order valence-electron chi connectivity index (χ3n) is 11.2. The van der Waals surface area contributed by atoms with Gasteiger partial charge in [-0.05, 0) is 76.8 Å². The minimum Gasteiger partial charge on any atom is -0.368 e. The standard InChI is InChI=1S/C41H48F3N9O4S/c1-24(2)53-26(4)46-39-34(43)13-28(14-37(39)53)38-35(44)16-45-41(48-38)47-29-7-9-51(10-8-29)58-31-20-49(21-31)17-27-18-50(19-27)36-15-32(25(3)12-33(36)42)40(57)52(23-56)30(22-55)6-5-11-54/h11-16,22-24,27,29-31H,5-10,17-21H2,1-4H3,(H,45,47,48). The molecule has 5 heterocycles. The molecular formula is C41H48F3N9O4S. The van der Waals surface area contributed by atoms with Crippen LogP contribution in [0.5, 0.6) is 0 Å². The molecule has 0 spiro atoms. The van der Waals surface area contributed by atoms with Crippen molar-refractivity contribution in [3.05, 3.63) is 64.9 Å². The van der Waals surface area contributed by atoms with Gasteiger partial charge in [0.05, 0.1) is 23.4 Å². The van der Waals surface area contributed by atoms with E-state index in [2.05, 4.69) is 29.5 Å². The highest BCUT2D eigenvalue weighted by atomic mass is 32.2. The number of piperidine rings is 1. The van der Waals surface area contributed by atoms with Crippen LogP contribution < -0.4 is 10.2 Å². The van der Waals surface area contributed by atoms with E-state index in [1.165, 1.54) is 18.2 Å². The number of aldehydes is 2. The second-order valence-corrected chi connectivity index (χ2v) is 17.2. The molecule has 17 heteroatoms. The SMILES string of the molecule is Cc1cc(F)c(N2CC(CN3CC(SN4CCC(Nc5ncc(F)c(-c6cc(F)c7nc(C)n(C(C)C)c7c6)n5)CC4)C3)C2)cc1C(=O)N(C=O)C(C=O)CCC=O. The summed E-state index contributed by atoms with van der Waals surface area (Å²) < 4.78 is 49.6. The smallest absolute Gasteiger partial charge is 0.261 e. The fourth-order valence-corrected chi connectivity index (χ4v) is 9.64. The molecule has 58 heavy (non-hydrogen) atoms. The Morgan fingerprint density at radius 3 is 2.40 bits per heavy atom. The van der Waals surface area contributed by atoms with Gasteiger partial charge in [-0.2, -0.15) is 0 Å². The highest BCUT2D eigenvalue weighted by Gasteiger charge is 2.37. The molecule has 2 amide bonds. The van der Waals surface area contributed by atoms with Crippen LogP contribution in [0.3, 0.4) is 0 Å². The second kappa shape index (κ2) is 17.5. The first kappa shape index (κ1) is 41.3. The second-order valence-electron chi connectivity index (χ2n) is 15.8. The first-order chi connectivity index (χ1) is 27.9. The number of hydrogen-bond donors (Lipinski definition) is 1. The van der Waals surface area contributed by atoms with Crippen LogP contribution in [0.1, 0.15) is 67.3 Å². The van der Waals surface area contributed by atoms with Gasteiger partial charge in [0.1, 0.15) is 35.4 Å². The molecule has 3 aliphatic heterocycles. The summed E-state index contributed by atoms with van der Waals surface area (Å²) in [5.74, 6) is -0.984. The molecule has 0 bridgehead atoms. The molecule has 7 rings (SSSR count). The van der Waals surface area contributed by atoms with Crippen molar-refractivity contribution in [2.24, 2.45) is 5.92 Å². The summed E-state index contributed by atoms with van der Waals surface area (Å²) in [5.41, 5.74) is 1.98. The van der Waals surface area contributed by atoms with Crippen LogP contribution in [0.4, 0.5) is 24.8 Å². The first-order valence-corrected chi connectivity index (χ1v) is 20.5. The fourth-order valence-electron chi connectivity index (χ4n) is 8.24. The molecule has 1 unspecified atom stereocenters. The van der Waals surface area contributed by atoms with Crippen LogP contribution in [-0.2, 0) is 14.4 Å². The lowest BCUT2D eigenvalue weighted by molar-refractivity contribution is -0.123. The van der Waals surface area contributed by atoms with Crippen molar-refractivity contribution in [1.82, 2.24) is 33.6 Å². The number of carbonyl (C=O) groups excluding carboxylic acids is 4. The summed E-state index contributed by atoms with van der Waals surface area (Å²) in [6.07, 6.45) is 4.27. The van der Waals surface area contributed by atoms with Gasteiger partial charge >= 0.3 is 0 Å². The van der Waals surface area contributed by atoms with Crippen LogP contribution >= 0.6 is 11.9 Å². The number of hydrogen-bond acceptors (Lipinski definition) is 12. The van der Waals surface area contributed by atoms with Gasteiger partial charge in [-0.3, -0.25) is 18.8 Å². The predicted molar refractivity (Wildman–Crippen MR) is 216 cm³/mol. The van der Waals surface area contributed by atoms with Crippen LogP contribution in [0.25, 0.3) is 22.3 Å². The highest BCUT2D eigenvalue weighted by Crippen LogP contribution is 2.35. The van der Waals surface area contributed by atoms with E-state index in [1.54, 1.807) is 13.0 Å².